The van der Waals surface area contributed by atoms with E-state index < -0.39 is 6.10 Å². The van der Waals surface area contributed by atoms with Crippen molar-refractivity contribution in [2.45, 2.75) is 13.0 Å². The van der Waals surface area contributed by atoms with Crippen LogP contribution in [0.5, 0.6) is 11.5 Å². The zero-order valence-corrected chi connectivity index (χ0v) is 13.4. The fourth-order valence-electron chi connectivity index (χ4n) is 1.59. The Morgan fingerprint density at radius 3 is 2.50 bits per heavy atom. The van der Waals surface area contributed by atoms with Gasteiger partial charge in [-0.25, -0.2) is 5.43 Å². The van der Waals surface area contributed by atoms with Crippen LogP contribution >= 0.6 is 15.9 Å². The zero-order chi connectivity index (χ0) is 15.9. The van der Waals surface area contributed by atoms with Crippen LogP contribution in [0, 0.1) is 0 Å². The van der Waals surface area contributed by atoms with E-state index in [1.807, 2.05) is 12.1 Å². The number of hydrogen-bond acceptors (Lipinski definition) is 4. The summed E-state index contributed by atoms with van der Waals surface area (Å²) in [5.74, 6) is 0.434. The number of halogens is 1. The molecule has 5 nitrogen and oxygen atoms in total. The molecule has 0 radical (unpaired) electrons. The first-order valence-electron chi connectivity index (χ1n) is 6.59. The van der Waals surface area contributed by atoms with Crippen LogP contribution < -0.4 is 10.2 Å². The highest BCUT2D eigenvalue weighted by molar-refractivity contribution is 9.10. The maximum absolute atomic E-state index is 11.9. The minimum atomic E-state index is -0.668. The Hall–Kier alpha value is -2.34. The molecule has 2 aromatic rings. The summed E-state index contributed by atoms with van der Waals surface area (Å²) < 4.78 is 6.45. The fourth-order valence-corrected chi connectivity index (χ4v) is 1.86. The monoisotopic (exact) mass is 362 g/mol. The summed E-state index contributed by atoms with van der Waals surface area (Å²) in [5.41, 5.74) is 3.17. The molecule has 0 aliphatic heterocycles. The van der Waals surface area contributed by atoms with Gasteiger partial charge in [0.25, 0.3) is 5.91 Å². The van der Waals surface area contributed by atoms with Crippen molar-refractivity contribution >= 4 is 28.1 Å². The predicted molar refractivity (Wildman–Crippen MR) is 88.1 cm³/mol. The van der Waals surface area contributed by atoms with Crippen molar-refractivity contribution in [2.24, 2.45) is 5.10 Å². The molecule has 22 heavy (non-hydrogen) atoms. The van der Waals surface area contributed by atoms with E-state index in [-0.39, 0.29) is 11.7 Å². The Morgan fingerprint density at radius 2 is 1.86 bits per heavy atom. The molecule has 2 N–H and O–H groups in total. The van der Waals surface area contributed by atoms with Gasteiger partial charge in [-0.2, -0.15) is 5.10 Å². The number of nitrogens with one attached hydrogen (secondary N) is 1. The van der Waals surface area contributed by atoms with Crippen molar-refractivity contribution in [3.63, 3.8) is 0 Å². The van der Waals surface area contributed by atoms with Gasteiger partial charge >= 0.3 is 0 Å². The zero-order valence-electron chi connectivity index (χ0n) is 11.9. The topological polar surface area (TPSA) is 70.9 Å². The van der Waals surface area contributed by atoms with E-state index in [9.17, 15) is 4.79 Å². The molecular formula is C16H15BrN2O3. The number of carbonyl (C=O) groups excluding carboxylic acids is 1. The lowest BCUT2D eigenvalue weighted by molar-refractivity contribution is -0.127. The maximum Gasteiger partial charge on any atom is 0.280 e. The molecule has 0 heterocycles. The number of nitrogens with zero attached hydrogens (tertiary/aromatic N) is 1. The van der Waals surface area contributed by atoms with Crippen molar-refractivity contribution in [1.82, 2.24) is 5.43 Å². The average Bonchev–Trinajstić information content (AvgIpc) is 2.51. The Kier molecular flexibility index (Phi) is 5.55. The molecule has 0 fully saturated rings. The van der Waals surface area contributed by atoms with Crippen LogP contribution in [0.2, 0.25) is 0 Å². The van der Waals surface area contributed by atoms with Gasteiger partial charge in [-0.15, -0.1) is 0 Å². The summed E-state index contributed by atoms with van der Waals surface area (Å²) in [6.45, 7) is 1.65. The van der Waals surface area contributed by atoms with Gasteiger partial charge in [0, 0.05) is 4.47 Å². The number of phenolic OH excluding ortho intramolecular Hbond substituents is 1. The van der Waals surface area contributed by atoms with Crippen LogP contribution in [0.3, 0.4) is 0 Å². The van der Waals surface area contributed by atoms with Gasteiger partial charge in [0.2, 0.25) is 0 Å². The van der Waals surface area contributed by atoms with Gasteiger partial charge in [-0.3, -0.25) is 4.79 Å². The largest absolute Gasteiger partial charge is 0.508 e. The predicted octanol–water partition coefficient (Wildman–Crippen LogP) is 3.07. The van der Waals surface area contributed by atoms with Gasteiger partial charge < -0.3 is 9.84 Å². The molecule has 0 spiro atoms. The fraction of sp³-hybridized carbons (Fsp3) is 0.125. The molecule has 0 aliphatic carbocycles. The van der Waals surface area contributed by atoms with Crippen LogP contribution in [-0.2, 0) is 4.79 Å². The molecule has 6 heteroatoms. The lowest BCUT2D eigenvalue weighted by atomic mass is 10.2. The summed E-state index contributed by atoms with van der Waals surface area (Å²) >= 11 is 3.33. The summed E-state index contributed by atoms with van der Waals surface area (Å²) in [6.07, 6.45) is 0.821. The van der Waals surface area contributed by atoms with Gasteiger partial charge in [-0.05, 0) is 61.0 Å². The van der Waals surface area contributed by atoms with Crippen LogP contribution in [0.1, 0.15) is 12.5 Å². The molecule has 1 atom stereocenters. The first-order valence-corrected chi connectivity index (χ1v) is 7.38. The lowest BCUT2D eigenvalue weighted by Gasteiger charge is -2.12. The van der Waals surface area contributed by atoms with E-state index >= 15 is 0 Å². The van der Waals surface area contributed by atoms with E-state index in [4.69, 9.17) is 9.84 Å². The number of rotatable bonds is 5. The van der Waals surface area contributed by atoms with Crippen LogP contribution in [-0.4, -0.2) is 23.3 Å². The molecule has 2 aromatic carbocycles. The van der Waals surface area contributed by atoms with Crippen LogP contribution in [0.25, 0.3) is 0 Å². The number of phenols is 1. The van der Waals surface area contributed by atoms with Crippen molar-refractivity contribution in [3.8, 4) is 11.5 Å². The normalized spacial score (nSPS) is 12.1. The molecule has 0 bridgehead atoms. The maximum atomic E-state index is 11.9. The number of ether oxygens (including phenoxy) is 1. The summed E-state index contributed by atoms with van der Waals surface area (Å²) in [5, 5.41) is 13.0. The Balaban J connectivity index is 1.85. The van der Waals surface area contributed by atoms with Crippen molar-refractivity contribution in [1.29, 1.82) is 0 Å². The Bertz CT molecular complexity index is 654. The summed E-state index contributed by atoms with van der Waals surface area (Å²) in [7, 11) is 0. The third-order valence-corrected chi connectivity index (χ3v) is 3.31. The molecule has 0 aromatic heterocycles. The van der Waals surface area contributed by atoms with E-state index in [1.54, 1.807) is 43.3 Å². The minimum absolute atomic E-state index is 0.178. The molecule has 114 valence electrons. The smallest absolute Gasteiger partial charge is 0.280 e. The van der Waals surface area contributed by atoms with Gasteiger partial charge in [0.05, 0.1) is 6.21 Å². The number of amides is 1. The lowest BCUT2D eigenvalue weighted by Crippen LogP contribution is -2.33. The quantitative estimate of drug-likeness (QED) is 0.634. The van der Waals surface area contributed by atoms with E-state index in [1.165, 1.54) is 6.21 Å². The average molecular weight is 363 g/mol. The van der Waals surface area contributed by atoms with E-state index in [0.717, 1.165) is 10.0 Å². The first-order chi connectivity index (χ1) is 10.5. The van der Waals surface area contributed by atoms with E-state index in [0.29, 0.717) is 5.75 Å². The molecule has 0 saturated carbocycles. The third kappa shape index (κ3) is 4.89. The highest BCUT2D eigenvalue weighted by Crippen LogP contribution is 2.17. The standard InChI is InChI=1S/C16H15BrN2O3/c1-11(22-15-8-4-13(17)5-9-15)16(21)19-18-10-12-2-6-14(20)7-3-12/h2-11,20H,1H3,(H,19,21)/b18-10-/t11-/m1/s1. The Morgan fingerprint density at radius 1 is 1.23 bits per heavy atom. The minimum Gasteiger partial charge on any atom is -0.508 e. The first kappa shape index (κ1) is 16.0. The van der Waals surface area contributed by atoms with E-state index in [2.05, 4.69) is 26.5 Å². The second-order valence-corrected chi connectivity index (χ2v) is 5.46. The third-order valence-electron chi connectivity index (χ3n) is 2.78. The van der Waals surface area contributed by atoms with Crippen molar-refractivity contribution in [3.05, 3.63) is 58.6 Å². The summed E-state index contributed by atoms with van der Waals surface area (Å²) in [4.78, 5) is 11.9. The molecule has 1 amide bonds. The summed E-state index contributed by atoms with van der Waals surface area (Å²) in [6, 6.07) is 13.7. The van der Waals surface area contributed by atoms with Crippen LogP contribution in [0.15, 0.2) is 58.1 Å². The second kappa shape index (κ2) is 7.61. The molecule has 2 rings (SSSR count). The number of hydrogen-bond donors (Lipinski definition) is 2. The van der Waals surface area contributed by atoms with Gasteiger partial charge in [0.1, 0.15) is 11.5 Å². The van der Waals surface area contributed by atoms with Gasteiger partial charge in [0.15, 0.2) is 6.10 Å². The highest BCUT2D eigenvalue weighted by atomic mass is 79.9. The number of hydrazone groups is 1. The second-order valence-electron chi connectivity index (χ2n) is 4.54. The Labute approximate surface area is 136 Å². The SMILES string of the molecule is C[C@@H](Oc1ccc(Br)cc1)C(=O)N/N=C\c1ccc(O)cc1. The highest BCUT2D eigenvalue weighted by Gasteiger charge is 2.13. The number of aromatic hydroxyl groups is 1. The van der Waals surface area contributed by atoms with Gasteiger partial charge in [-0.1, -0.05) is 15.9 Å². The number of carbonyl (C=O) groups is 1. The van der Waals surface area contributed by atoms with Crippen molar-refractivity contribution in [2.75, 3.05) is 0 Å². The molecule has 0 unspecified atom stereocenters. The molecule has 0 saturated heterocycles. The van der Waals surface area contributed by atoms with Crippen molar-refractivity contribution < 1.29 is 14.6 Å². The number of benzene rings is 2. The molecule has 0 aliphatic rings. The van der Waals surface area contributed by atoms with Crippen LogP contribution in [0.4, 0.5) is 0 Å². The molecular weight excluding hydrogens is 348 g/mol.